The molecule has 23 heavy (non-hydrogen) atoms. The summed E-state index contributed by atoms with van der Waals surface area (Å²) in [6.07, 6.45) is 0.581. The summed E-state index contributed by atoms with van der Waals surface area (Å²) in [4.78, 5) is 37.5. The van der Waals surface area contributed by atoms with Crippen molar-refractivity contribution in [3.63, 3.8) is 0 Å². The Balaban J connectivity index is 1.68. The summed E-state index contributed by atoms with van der Waals surface area (Å²) in [5.74, 6) is 0.683. The van der Waals surface area contributed by atoms with Crippen molar-refractivity contribution in [1.29, 1.82) is 0 Å². The van der Waals surface area contributed by atoms with Crippen molar-refractivity contribution in [2.75, 3.05) is 13.1 Å². The summed E-state index contributed by atoms with van der Waals surface area (Å²) in [7, 11) is 0. The van der Waals surface area contributed by atoms with E-state index in [1.807, 2.05) is 13.0 Å². The molecule has 4 heterocycles. The number of rotatable bonds is 1. The van der Waals surface area contributed by atoms with E-state index in [-0.39, 0.29) is 11.5 Å². The van der Waals surface area contributed by atoms with E-state index in [1.54, 1.807) is 20.4 Å². The highest BCUT2D eigenvalue weighted by atomic mass is 32.1. The lowest BCUT2D eigenvalue weighted by atomic mass is 10.3. The molecule has 1 aliphatic rings. The van der Waals surface area contributed by atoms with Gasteiger partial charge in [0.1, 0.15) is 16.3 Å². The topological polar surface area (TPSA) is 68.1 Å². The Bertz CT molecular complexity index is 942. The van der Waals surface area contributed by atoms with E-state index in [0.717, 1.165) is 15.5 Å². The molecule has 0 saturated carbocycles. The zero-order valence-electron chi connectivity index (χ0n) is 12.5. The van der Waals surface area contributed by atoms with Gasteiger partial charge in [-0.1, -0.05) is 0 Å². The molecule has 0 fully saturated rings. The Morgan fingerprint density at radius 1 is 1.30 bits per heavy atom. The van der Waals surface area contributed by atoms with Crippen LogP contribution >= 0.6 is 22.7 Å². The zero-order chi connectivity index (χ0) is 16.0. The number of aromatic nitrogens is 3. The van der Waals surface area contributed by atoms with Gasteiger partial charge in [-0.2, -0.15) is 0 Å². The van der Waals surface area contributed by atoms with Gasteiger partial charge in [-0.25, -0.2) is 9.97 Å². The Labute approximate surface area is 140 Å². The van der Waals surface area contributed by atoms with E-state index in [9.17, 15) is 9.59 Å². The van der Waals surface area contributed by atoms with Crippen molar-refractivity contribution in [3.05, 3.63) is 43.7 Å². The van der Waals surface area contributed by atoms with Gasteiger partial charge in [0.2, 0.25) is 0 Å². The van der Waals surface area contributed by atoms with Crippen LogP contribution in [0.3, 0.4) is 0 Å². The number of nitrogens with zero attached hydrogens (tertiary/aromatic N) is 4. The van der Waals surface area contributed by atoms with Crippen molar-refractivity contribution in [1.82, 2.24) is 19.4 Å². The van der Waals surface area contributed by atoms with E-state index in [0.29, 0.717) is 37.1 Å². The van der Waals surface area contributed by atoms with Gasteiger partial charge in [0.05, 0.1) is 10.9 Å². The minimum absolute atomic E-state index is 0.00249. The molecular formula is C15H14N4O2S2. The highest BCUT2D eigenvalue weighted by molar-refractivity contribution is 7.18. The van der Waals surface area contributed by atoms with Crippen molar-refractivity contribution >= 4 is 38.8 Å². The molecule has 1 amide bonds. The average molecular weight is 346 g/mol. The molecule has 0 spiro atoms. The molecule has 0 aromatic carbocycles. The lowest BCUT2D eigenvalue weighted by molar-refractivity contribution is 0.0754. The highest BCUT2D eigenvalue weighted by Crippen LogP contribution is 2.21. The molecule has 3 aromatic heterocycles. The normalized spacial score (nSPS) is 14.7. The number of amides is 1. The molecule has 1 aliphatic heterocycles. The quantitative estimate of drug-likeness (QED) is 0.675. The van der Waals surface area contributed by atoms with E-state index >= 15 is 0 Å². The maximum atomic E-state index is 12.7. The number of carbonyl (C=O) groups excluding carboxylic acids is 1. The van der Waals surface area contributed by atoms with Gasteiger partial charge in [0.15, 0.2) is 0 Å². The predicted molar refractivity (Wildman–Crippen MR) is 90.3 cm³/mol. The first-order valence-corrected chi connectivity index (χ1v) is 9.07. The average Bonchev–Trinajstić information content (AvgIpc) is 3.13. The molecule has 3 aromatic rings. The first-order valence-electron chi connectivity index (χ1n) is 7.31. The maximum Gasteiger partial charge on any atom is 0.273 e. The van der Waals surface area contributed by atoms with Crippen LogP contribution in [0.5, 0.6) is 0 Å². The van der Waals surface area contributed by atoms with Crippen LogP contribution in [-0.4, -0.2) is 38.4 Å². The lowest BCUT2D eigenvalue weighted by Crippen LogP contribution is -2.34. The molecule has 0 atom stereocenters. The van der Waals surface area contributed by atoms with E-state index in [1.165, 1.54) is 22.7 Å². The van der Waals surface area contributed by atoms with Gasteiger partial charge in [0, 0.05) is 36.3 Å². The maximum absolute atomic E-state index is 12.7. The summed E-state index contributed by atoms with van der Waals surface area (Å²) in [6, 6.07) is 1.89. The molecule has 0 radical (unpaired) electrons. The van der Waals surface area contributed by atoms with Crippen LogP contribution in [0.15, 0.2) is 21.8 Å². The number of carbonyl (C=O) groups is 1. The first-order chi connectivity index (χ1) is 11.1. The van der Waals surface area contributed by atoms with Gasteiger partial charge in [-0.15, -0.1) is 22.7 Å². The fraction of sp³-hybridized carbons (Fsp3) is 0.333. The predicted octanol–water partition coefficient (Wildman–Crippen LogP) is 1.92. The number of hydrogen-bond acceptors (Lipinski definition) is 6. The Kier molecular flexibility index (Phi) is 3.50. The molecular weight excluding hydrogens is 332 g/mol. The molecule has 4 rings (SSSR count). The molecule has 8 heteroatoms. The molecule has 0 N–H and O–H groups in total. The van der Waals surface area contributed by atoms with Crippen molar-refractivity contribution in [3.8, 4) is 0 Å². The molecule has 118 valence electrons. The lowest BCUT2D eigenvalue weighted by Gasteiger charge is -2.18. The molecule has 0 bridgehead atoms. The van der Waals surface area contributed by atoms with Crippen LogP contribution in [0.1, 0.15) is 21.2 Å². The minimum atomic E-state index is -0.0789. The standard InChI is InChI=1S/C15H14N4O2S2/c1-9-6-10-13(23-9)17-12-2-3-18(4-5-19(12)14(10)20)15(21)11-7-22-8-16-11/h6-8H,2-5H2,1H3. The Morgan fingerprint density at radius 2 is 2.17 bits per heavy atom. The van der Waals surface area contributed by atoms with Crippen LogP contribution in [-0.2, 0) is 13.0 Å². The fourth-order valence-electron chi connectivity index (χ4n) is 2.85. The minimum Gasteiger partial charge on any atom is -0.335 e. The summed E-state index contributed by atoms with van der Waals surface area (Å²) in [5, 5.41) is 2.43. The van der Waals surface area contributed by atoms with Crippen molar-refractivity contribution < 1.29 is 4.79 Å². The molecule has 0 unspecified atom stereocenters. The number of thiophene rings is 1. The van der Waals surface area contributed by atoms with Gasteiger partial charge in [-0.05, 0) is 13.0 Å². The van der Waals surface area contributed by atoms with E-state index in [4.69, 9.17) is 0 Å². The highest BCUT2D eigenvalue weighted by Gasteiger charge is 2.23. The van der Waals surface area contributed by atoms with E-state index < -0.39 is 0 Å². The van der Waals surface area contributed by atoms with Crippen LogP contribution in [0.25, 0.3) is 10.2 Å². The van der Waals surface area contributed by atoms with Gasteiger partial charge >= 0.3 is 0 Å². The second-order valence-corrected chi connectivity index (χ2v) is 7.43. The summed E-state index contributed by atoms with van der Waals surface area (Å²) >= 11 is 2.94. The van der Waals surface area contributed by atoms with Crippen LogP contribution in [0.2, 0.25) is 0 Å². The number of aryl methyl sites for hydroxylation is 1. The monoisotopic (exact) mass is 346 g/mol. The second kappa shape index (κ2) is 5.54. The number of fused-ring (bicyclic) bond motifs is 2. The third-order valence-electron chi connectivity index (χ3n) is 3.99. The van der Waals surface area contributed by atoms with Gasteiger partial charge in [-0.3, -0.25) is 14.2 Å². The molecule has 6 nitrogen and oxygen atoms in total. The largest absolute Gasteiger partial charge is 0.335 e. The van der Waals surface area contributed by atoms with Crippen LogP contribution < -0.4 is 5.56 Å². The summed E-state index contributed by atoms with van der Waals surface area (Å²) < 4.78 is 1.71. The van der Waals surface area contributed by atoms with Gasteiger partial charge in [0.25, 0.3) is 11.5 Å². The Hall–Kier alpha value is -2.06. The zero-order valence-corrected chi connectivity index (χ0v) is 14.1. The smallest absolute Gasteiger partial charge is 0.273 e. The molecule has 0 saturated heterocycles. The van der Waals surface area contributed by atoms with Gasteiger partial charge < -0.3 is 4.90 Å². The van der Waals surface area contributed by atoms with Crippen molar-refractivity contribution in [2.24, 2.45) is 0 Å². The fourth-order valence-corrected chi connectivity index (χ4v) is 4.27. The summed E-state index contributed by atoms with van der Waals surface area (Å²) in [5.41, 5.74) is 2.12. The van der Waals surface area contributed by atoms with Crippen LogP contribution in [0, 0.1) is 6.92 Å². The van der Waals surface area contributed by atoms with E-state index in [2.05, 4.69) is 9.97 Å². The third kappa shape index (κ3) is 2.47. The summed E-state index contributed by atoms with van der Waals surface area (Å²) in [6.45, 7) is 3.51. The Morgan fingerprint density at radius 3 is 2.96 bits per heavy atom. The number of hydrogen-bond donors (Lipinski definition) is 0. The SMILES string of the molecule is Cc1cc2c(=O)n3c(nc2s1)CCN(C(=O)c1cscn1)CC3. The molecule has 0 aliphatic carbocycles. The van der Waals surface area contributed by atoms with Crippen molar-refractivity contribution in [2.45, 2.75) is 19.9 Å². The third-order valence-corrected chi connectivity index (χ3v) is 5.52. The van der Waals surface area contributed by atoms with Crippen LogP contribution in [0.4, 0.5) is 0 Å². The second-order valence-electron chi connectivity index (χ2n) is 5.48. The first kappa shape index (κ1) is 14.5. The number of thiazole rings is 1.